The number of halogens is 2. The van der Waals surface area contributed by atoms with Crippen molar-refractivity contribution in [2.45, 2.75) is 19.3 Å². The summed E-state index contributed by atoms with van der Waals surface area (Å²) in [5, 5.41) is 8.83. The molecule has 0 atom stereocenters. The molecule has 1 fully saturated rings. The highest BCUT2D eigenvalue weighted by Gasteiger charge is 2.20. The fourth-order valence-corrected chi connectivity index (χ4v) is 2.46. The van der Waals surface area contributed by atoms with Gasteiger partial charge in [-0.25, -0.2) is 4.39 Å². The lowest BCUT2D eigenvalue weighted by atomic mass is 9.97. The average Bonchev–Trinajstić information content (AvgIpc) is 2.55. The molecule has 0 saturated carbocycles. The number of rotatable bonds is 6. The molecular weight excluding hydrogens is 321 g/mol. The Morgan fingerprint density at radius 3 is 2.57 bits per heavy atom. The van der Waals surface area contributed by atoms with E-state index in [4.69, 9.17) is 0 Å². The predicted molar refractivity (Wildman–Crippen MR) is 89.2 cm³/mol. The van der Waals surface area contributed by atoms with Crippen LogP contribution in [0.5, 0.6) is 0 Å². The van der Waals surface area contributed by atoms with E-state index in [0.717, 1.165) is 25.9 Å². The Morgan fingerprint density at radius 1 is 1.17 bits per heavy atom. The fourth-order valence-electron chi connectivity index (χ4n) is 2.46. The van der Waals surface area contributed by atoms with Crippen molar-refractivity contribution in [2.24, 2.45) is 5.92 Å². The Labute approximate surface area is 141 Å². The number of hydrogen-bond acceptors (Lipinski definition) is 3. The van der Waals surface area contributed by atoms with Gasteiger partial charge in [0.05, 0.1) is 0 Å². The fraction of sp³-hybridized carbons (Fsp3) is 0.500. The van der Waals surface area contributed by atoms with Crippen molar-refractivity contribution < 1.29 is 14.0 Å². The van der Waals surface area contributed by atoms with Crippen LogP contribution in [0.3, 0.4) is 0 Å². The van der Waals surface area contributed by atoms with E-state index in [9.17, 15) is 14.0 Å². The van der Waals surface area contributed by atoms with Gasteiger partial charge in [0.15, 0.2) is 0 Å². The van der Waals surface area contributed by atoms with E-state index < -0.39 is 5.82 Å². The molecule has 1 aromatic carbocycles. The minimum atomic E-state index is -0.429. The van der Waals surface area contributed by atoms with Crippen LogP contribution in [0.25, 0.3) is 0 Å². The SMILES string of the molecule is Cl.O=C(NCCCNC(=O)C1CCNCC1)c1cccc(F)c1. The van der Waals surface area contributed by atoms with Crippen molar-refractivity contribution in [3.63, 3.8) is 0 Å². The number of hydrogen-bond donors (Lipinski definition) is 3. The molecule has 2 amide bonds. The van der Waals surface area contributed by atoms with E-state index in [1.54, 1.807) is 6.07 Å². The van der Waals surface area contributed by atoms with E-state index in [-0.39, 0.29) is 30.1 Å². The molecule has 0 aliphatic carbocycles. The topological polar surface area (TPSA) is 70.2 Å². The summed E-state index contributed by atoms with van der Waals surface area (Å²) < 4.78 is 13.0. The van der Waals surface area contributed by atoms with E-state index in [1.807, 2.05) is 0 Å². The molecular formula is C16H23ClFN3O2. The van der Waals surface area contributed by atoms with E-state index >= 15 is 0 Å². The van der Waals surface area contributed by atoms with Crippen molar-refractivity contribution >= 4 is 24.2 Å². The lowest BCUT2D eigenvalue weighted by molar-refractivity contribution is -0.125. The highest BCUT2D eigenvalue weighted by atomic mass is 35.5. The van der Waals surface area contributed by atoms with Gasteiger partial charge in [-0.1, -0.05) is 6.07 Å². The standard InChI is InChI=1S/C16H22FN3O2.ClH/c17-14-4-1-3-13(11-14)16(22)20-8-2-7-19-15(21)12-5-9-18-10-6-12;/h1,3-4,11-12,18H,2,5-10H2,(H,19,21)(H,20,22);1H. The largest absolute Gasteiger partial charge is 0.356 e. The summed E-state index contributed by atoms with van der Waals surface area (Å²) in [7, 11) is 0. The van der Waals surface area contributed by atoms with Crippen molar-refractivity contribution in [1.82, 2.24) is 16.0 Å². The van der Waals surface area contributed by atoms with E-state index in [0.29, 0.717) is 25.1 Å². The number of carbonyl (C=O) groups excluding carboxylic acids is 2. The van der Waals surface area contributed by atoms with Crippen molar-refractivity contribution in [3.05, 3.63) is 35.6 Å². The second-order valence-electron chi connectivity index (χ2n) is 5.44. The zero-order valence-corrected chi connectivity index (χ0v) is 13.8. The highest BCUT2D eigenvalue weighted by molar-refractivity contribution is 5.94. The van der Waals surface area contributed by atoms with Crippen LogP contribution in [0.15, 0.2) is 24.3 Å². The van der Waals surface area contributed by atoms with Crippen LogP contribution in [0, 0.1) is 11.7 Å². The third-order valence-electron chi connectivity index (χ3n) is 3.74. The van der Waals surface area contributed by atoms with Gasteiger partial charge in [0.25, 0.3) is 5.91 Å². The van der Waals surface area contributed by atoms with Crippen LogP contribution < -0.4 is 16.0 Å². The monoisotopic (exact) mass is 343 g/mol. The second-order valence-corrected chi connectivity index (χ2v) is 5.44. The molecule has 7 heteroatoms. The van der Waals surface area contributed by atoms with Gasteiger partial charge >= 0.3 is 0 Å². The lowest BCUT2D eigenvalue weighted by Gasteiger charge is -2.21. The Bertz CT molecular complexity index is 522. The maximum Gasteiger partial charge on any atom is 0.251 e. The predicted octanol–water partition coefficient (Wildman–Crippen LogP) is 1.48. The van der Waals surface area contributed by atoms with Gasteiger partial charge in [-0.15, -0.1) is 12.4 Å². The Kier molecular flexibility index (Phi) is 8.58. The normalized spacial score (nSPS) is 14.7. The van der Waals surface area contributed by atoms with Crippen LogP contribution in [0.2, 0.25) is 0 Å². The van der Waals surface area contributed by atoms with Crippen LogP contribution >= 0.6 is 12.4 Å². The summed E-state index contributed by atoms with van der Waals surface area (Å²) in [6.07, 6.45) is 2.40. The number of nitrogens with one attached hydrogen (secondary N) is 3. The summed E-state index contributed by atoms with van der Waals surface area (Å²) in [5.41, 5.74) is 0.304. The van der Waals surface area contributed by atoms with Crippen LogP contribution in [-0.2, 0) is 4.79 Å². The van der Waals surface area contributed by atoms with Gasteiger partial charge < -0.3 is 16.0 Å². The van der Waals surface area contributed by atoms with Crippen LogP contribution in [0.4, 0.5) is 4.39 Å². The minimum absolute atomic E-state index is 0. The quantitative estimate of drug-likeness (QED) is 0.685. The molecule has 1 saturated heterocycles. The van der Waals surface area contributed by atoms with Crippen LogP contribution in [-0.4, -0.2) is 38.0 Å². The van der Waals surface area contributed by atoms with Crippen LogP contribution in [0.1, 0.15) is 29.6 Å². The lowest BCUT2D eigenvalue weighted by Crippen LogP contribution is -2.39. The van der Waals surface area contributed by atoms with Crippen molar-refractivity contribution in [1.29, 1.82) is 0 Å². The number of piperidine rings is 1. The molecule has 0 aromatic heterocycles. The molecule has 0 unspecified atom stereocenters. The molecule has 23 heavy (non-hydrogen) atoms. The second kappa shape index (κ2) is 10.2. The molecule has 1 aromatic rings. The third kappa shape index (κ3) is 6.54. The zero-order chi connectivity index (χ0) is 15.8. The van der Waals surface area contributed by atoms with Gasteiger partial charge in [-0.05, 0) is 50.6 Å². The molecule has 128 valence electrons. The first kappa shape index (κ1) is 19.4. The maximum absolute atomic E-state index is 13.0. The summed E-state index contributed by atoms with van der Waals surface area (Å²) in [4.78, 5) is 23.7. The maximum atomic E-state index is 13.0. The van der Waals surface area contributed by atoms with Gasteiger partial charge in [-0.3, -0.25) is 9.59 Å². The smallest absolute Gasteiger partial charge is 0.251 e. The molecule has 0 bridgehead atoms. The summed E-state index contributed by atoms with van der Waals surface area (Å²) in [5.74, 6) is -0.535. The van der Waals surface area contributed by atoms with E-state index in [1.165, 1.54) is 18.2 Å². The number of amides is 2. The first-order chi connectivity index (χ1) is 10.7. The summed E-state index contributed by atoms with van der Waals surface area (Å²) in [6, 6.07) is 5.57. The first-order valence-corrected chi connectivity index (χ1v) is 7.69. The van der Waals surface area contributed by atoms with Gasteiger partial charge in [0.1, 0.15) is 5.82 Å². The zero-order valence-electron chi connectivity index (χ0n) is 12.9. The van der Waals surface area contributed by atoms with E-state index in [2.05, 4.69) is 16.0 Å². The molecule has 1 heterocycles. The molecule has 1 aliphatic heterocycles. The molecule has 2 rings (SSSR count). The summed E-state index contributed by atoms with van der Waals surface area (Å²) in [6.45, 7) is 2.76. The van der Waals surface area contributed by atoms with Gasteiger partial charge in [0.2, 0.25) is 5.91 Å². The average molecular weight is 344 g/mol. The number of carbonyl (C=O) groups is 2. The number of benzene rings is 1. The highest BCUT2D eigenvalue weighted by Crippen LogP contribution is 2.11. The molecule has 1 aliphatic rings. The first-order valence-electron chi connectivity index (χ1n) is 7.69. The molecule has 0 spiro atoms. The molecule has 5 nitrogen and oxygen atoms in total. The Balaban J connectivity index is 0.00000264. The Morgan fingerprint density at radius 2 is 1.87 bits per heavy atom. The summed E-state index contributed by atoms with van der Waals surface area (Å²) >= 11 is 0. The van der Waals surface area contributed by atoms with Gasteiger partial charge in [0, 0.05) is 24.6 Å². The van der Waals surface area contributed by atoms with Crippen molar-refractivity contribution in [3.8, 4) is 0 Å². The van der Waals surface area contributed by atoms with Gasteiger partial charge in [-0.2, -0.15) is 0 Å². The molecule has 3 N–H and O–H groups in total. The Hall–Kier alpha value is -1.66. The van der Waals surface area contributed by atoms with Crippen molar-refractivity contribution in [2.75, 3.05) is 26.2 Å². The third-order valence-corrected chi connectivity index (χ3v) is 3.74. The minimum Gasteiger partial charge on any atom is -0.356 e. The molecule has 0 radical (unpaired) electrons.